The number of hydrogen-bond donors (Lipinski definition) is 0. The molecule has 3 nitrogen and oxygen atoms in total. The second-order valence-electron chi connectivity index (χ2n) is 4.40. The van der Waals surface area contributed by atoms with E-state index in [9.17, 15) is 0 Å². The van der Waals surface area contributed by atoms with Gasteiger partial charge in [0.25, 0.3) is 0 Å². The van der Waals surface area contributed by atoms with Crippen molar-refractivity contribution in [3.8, 4) is 5.75 Å². The first-order chi connectivity index (χ1) is 8.31. The Morgan fingerprint density at radius 3 is 2.71 bits per heavy atom. The standard InChI is InChI=1S/C14H20N2O/c1-3-4-13-9-10-16(15-13)11-12-5-7-14(17-2)8-6-12/h5-8H,3-4,9-11H2,1-2H3. The van der Waals surface area contributed by atoms with Gasteiger partial charge in [-0.3, -0.25) is 5.01 Å². The summed E-state index contributed by atoms with van der Waals surface area (Å²) in [5.74, 6) is 0.908. The molecule has 0 aliphatic carbocycles. The van der Waals surface area contributed by atoms with E-state index in [2.05, 4.69) is 29.2 Å². The molecule has 1 heterocycles. The molecule has 0 fully saturated rings. The Balaban J connectivity index is 1.92. The van der Waals surface area contributed by atoms with Gasteiger partial charge in [-0.05, 0) is 24.1 Å². The van der Waals surface area contributed by atoms with Gasteiger partial charge < -0.3 is 4.74 Å². The third-order valence-corrected chi connectivity index (χ3v) is 3.00. The summed E-state index contributed by atoms with van der Waals surface area (Å²) in [5, 5.41) is 6.79. The predicted molar refractivity (Wildman–Crippen MR) is 70.4 cm³/mol. The summed E-state index contributed by atoms with van der Waals surface area (Å²) >= 11 is 0. The SMILES string of the molecule is CCCC1=NN(Cc2ccc(OC)cc2)CC1. The van der Waals surface area contributed by atoms with Crippen molar-refractivity contribution in [3.05, 3.63) is 29.8 Å². The van der Waals surface area contributed by atoms with Gasteiger partial charge in [0.1, 0.15) is 5.75 Å². The Labute approximate surface area is 103 Å². The van der Waals surface area contributed by atoms with Crippen molar-refractivity contribution in [2.24, 2.45) is 5.10 Å². The van der Waals surface area contributed by atoms with E-state index >= 15 is 0 Å². The number of rotatable bonds is 5. The van der Waals surface area contributed by atoms with E-state index in [1.165, 1.54) is 17.7 Å². The van der Waals surface area contributed by atoms with Crippen molar-refractivity contribution in [2.75, 3.05) is 13.7 Å². The van der Waals surface area contributed by atoms with E-state index in [-0.39, 0.29) is 0 Å². The summed E-state index contributed by atoms with van der Waals surface area (Å²) in [6.45, 7) is 4.16. The number of hydrazone groups is 1. The van der Waals surface area contributed by atoms with E-state index in [4.69, 9.17) is 4.74 Å². The number of methoxy groups -OCH3 is 1. The molecule has 3 heteroatoms. The predicted octanol–water partition coefficient (Wildman–Crippen LogP) is 3.06. The summed E-state index contributed by atoms with van der Waals surface area (Å²) in [6.07, 6.45) is 3.46. The van der Waals surface area contributed by atoms with Crippen molar-refractivity contribution < 1.29 is 4.74 Å². The highest BCUT2D eigenvalue weighted by Crippen LogP contribution is 2.16. The van der Waals surface area contributed by atoms with E-state index in [0.29, 0.717) is 0 Å². The van der Waals surface area contributed by atoms with Gasteiger partial charge in [0.15, 0.2) is 0 Å². The Morgan fingerprint density at radius 1 is 1.29 bits per heavy atom. The fourth-order valence-electron chi connectivity index (χ4n) is 2.08. The van der Waals surface area contributed by atoms with Crippen LogP contribution >= 0.6 is 0 Å². The lowest BCUT2D eigenvalue weighted by Crippen LogP contribution is -2.13. The van der Waals surface area contributed by atoms with Crippen molar-refractivity contribution in [1.29, 1.82) is 0 Å². The normalized spacial score (nSPS) is 14.9. The lowest BCUT2D eigenvalue weighted by atomic mass is 10.2. The minimum Gasteiger partial charge on any atom is -0.497 e. The molecule has 0 unspecified atom stereocenters. The van der Waals surface area contributed by atoms with Crippen LogP contribution in [0.4, 0.5) is 0 Å². The third kappa shape index (κ3) is 3.22. The van der Waals surface area contributed by atoms with Crippen LogP contribution in [0.5, 0.6) is 5.75 Å². The highest BCUT2D eigenvalue weighted by Gasteiger charge is 2.13. The van der Waals surface area contributed by atoms with Crippen molar-refractivity contribution >= 4 is 5.71 Å². The first kappa shape index (κ1) is 12.0. The zero-order valence-corrected chi connectivity index (χ0v) is 10.6. The molecule has 1 aromatic rings. The monoisotopic (exact) mass is 232 g/mol. The number of ether oxygens (including phenoxy) is 1. The molecule has 0 N–H and O–H groups in total. The Bertz CT molecular complexity index is 384. The molecule has 1 aliphatic heterocycles. The molecule has 2 rings (SSSR count). The number of hydrogen-bond acceptors (Lipinski definition) is 3. The molecule has 0 spiro atoms. The summed E-state index contributed by atoms with van der Waals surface area (Å²) in [4.78, 5) is 0. The fourth-order valence-corrected chi connectivity index (χ4v) is 2.08. The van der Waals surface area contributed by atoms with Crippen LogP contribution in [0.1, 0.15) is 31.7 Å². The van der Waals surface area contributed by atoms with Gasteiger partial charge in [-0.25, -0.2) is 0 Å². The zero-order valence-electron chi connectivity index (χ0n) is 10.6. The van der Waals surface area contributed by atoms with Crippen LogP contribution in [-0.4, -0.2) is 24.4 Å². The van der Waals surface area contributed by atoms with Gasteiger partial charge >= 0.3 is 0 Å². The topological polar surface area (TPSA) is 24.8 Å². The molecular formula is C14H20N2O. The van der Waals surface area contributed by atoms with Crippen molar-refractivity contribution in [2.45, 2.75) is 32.7 Å². The molecule has 0 aromatic heterocycles. The molecule has 92 valence electrons. The second-order valence-corrected chi connectivity index (χ2v) is 4.40. The maximum absolute atomic E-state index is 5.15. The minimum atomic E-state index is 0.900. The van der Waals surface area contributed by atoms with Crippen molar-refractivity contribution in [1.82, 2.24) is 5.01 Å². The second kappa shape index (κ2) is 5.71. The highest BCUT2D eigenvalue weighted by molar-refractivity contribution is 5.85. The summed E-state index contributed by atoms with van der Waals surface area (Å²) in [5.41, 5.74) is 2.63. The average Bonchev–Trinajstić information content (AvgIpc) is 2.78. The van der Waals surface area contributed by atoms with Crippen LogP contribution in [0.3, 0.4) is 0 Å². The van der Waals surface area contributed by atoms with Crippen LogP contribution in [0.25, 0.3) is 0 Å². The van der Waals surface area contributed by atoms with Gasteiger partial charge in [-0.1, -0.05) is 25.5 Å². The molecule has 0 saturated carbocycles. The van der Waals surface area contributed by atoms with Crippen LogP contribution in [0, 0.1) is 0 Å². The van der Waals surface area contributed by atoms with Gasteiger partial charge in [-0.2, -0.15) is 5.10 Å². The maximum atomic E-state index is 5.15. The fraction of sp³-hybridized carbons (Fsp3) is 0.500. The van der Waals surface area contributed by atoms with Crippen molar-refractivity contribution in [3.63, 3.8) is 0 Å². The molecule has 0 atom stereocenters. The van der Waals surface area contributed by atoms with Crippen LogP contribution in [0.2, 0.25) is 0 Å². The lowest BCUT2D eigenvalue weighted by molar-refractivity contribution is 0.310. The molecule has 0 amide bonds. The first-order valence-electron chi connectivity index (χ1n) is 6.26. The average molecular weight is 232 g/mol. The Kier molecular flexibility index (Phi) is 4.02. The molecule has 0 radical (unpaired) electrons. The molecular weight excluding hydrogens is 212 g/mol. The van der Waals surface area contributed by atoms with Gasteiger partial charge in [0, 0.05) is 18.7 Å². The van der Waals surface area contributed by atoms with Gasteiger partial charge in [0.2, 0.25) is 0 Å². The van der Waals surface area contributed by atoms with Crippen LogP contribution < -0.4 is 4.74 Å². The first-order valence-corrected chi connectivity index (χ1v) is 6.26. The largest absolute Gasteiger partial charge is 0.497 e. The van der Waals surface area contributed by atoms with Gasteiger partial charge in [0.05, 0.1) is 13.7 Å². The highest BCUT2D eigenvalue weighted by atomic mass is 16.5. The molecule has 0 saturated heterocycles. The third-order valence-electron chi connectivity index (χ3n) is 3.00. The smallest absolute Gasteiger partial charge is 0.118 e. The van der Waals surface area contributed by atoms with E-state index in [1.54, 1.807) is 7.11 Å². The quantitative estimate of drug-likeness (QED) is 0.779. The minimum absolute atomic E-state index is 0.900. The van der Waals surface area contributed by atoms with E-state index in [1.807, 2.05) is 12.1 Å². The van der Waals surface area contributed by atoms with E-state index in [0.717, 1.165) is 31.7 Å². The van der Waals surface area contributed by atoms with E-state index < -0.39 is 0 Å². The number of benzene rings is 1. The van der Waals surface area contributed by atoms with Crippen LogP contribution in [-0.2, 0) is 6.54 Å². The summed E-state index contributed by atoms with van der Waals surface area (Å²) < 4.78 is 5.15. The zero-order chi connectivity index (χ0) is 12.1. The Morgan fingerprint density at radius 2 is 2.06 bits per heavy atom. The number of nitrogens with zero attached hydrogens (tertiary/aromatic N) is 2. The Hall–Kier alpha value is -1.51. The lowest BCUT2D eigenvalue weighted by Gasteiger charge is -2.13. The molecule has 1 aromatic carbocycles. The molecule has 0 bridgehead atoms. The molecule has 17 heavy (non-hydrogen) atoms. The van der Waals surface area contributed by atoms with Gasteiger partial charge in [-0.15, -0.1) is 0 Å². The van der Waals surface area contributed by atoms with Crippen LogP contribution in [0.15, 0.2) is 29.4 Å². The summed E-state index contributed by atoms with van der Waals surface area (Å²) in [7, 11) is 1.69. The maximum Gasteiger partial charge on any atom is 0.118 e. The molecule has 1 aliphatic rings. The summed E-state index contributed by atoms with van der Waals surface area (Å²) in [6, 6.07) is 8.21.